The Hall–Kier alpha value is -2.63. The molecule has 1 amide bonds. The number of aromatic nitrogens is 1. The van der Waals surface area contributed by atoms with Gasteiger partial charge in [-0.25, -0.2) is 0 Å². The lowest BCUT2D eigenvalue weighted by molar-refractivity contribution is -0.148. The molecule has 0 bridgehead atoms. The highest BCUT2D eigenvalue weighted by molar-refractivity contribution is 5.80. The van der Waals surface area contributed by atoms with Crippen molar-refractivity contribution in [2.45, 2.75) is 40.2 Å². The summed E-state index contributed by atoms with van der Waals surface area (Å²) in [4.78, 5) is 23.5. The number of nitrogens with zero attached hydrogens (tertiary/aromatic N) is 1. The second-order valence-corrected chi connectivity index (χ2v) is 5.67. The lowest BCUT2D eigenvalue weighted by atomic mass is 10.1. The Morgan fingerprint density at radius 1 is 1.21 bits per heavy atom. The van der Waals surface area contributed by atoms with Crippen LogP contribution in [0.25, 0.3) is 0 Å². The van der Waals surface area contributed by atoms with E-state index in [9.17, 15) is 9.59 Å². The third-order valence-electron chi connectivity index (χ3n) is 3.86. The molecule has 2 aromatic rings. The van der Waals surface area contributed by atoms with Crippen LogP contribution in [0.5, 0.6) is 0 Å². The number of ether oxygens (including phenoxy) is 1. The van der Waals surface area contributed by atoms with E-state index in [1.54, 1.807) is 6.92 Å². The van der Waals surface area contributed by atoms with Crippen molar-refractivity contribution >= 4 is 11.9 Å². The van der Waals surface area contributed by atoms with Crippen molar-refractivity contribution in [1.82, 2.24) is 10.5 Å². The van der Waals surface area contributed by atoms with Crippen LogP contribution >= 0.6 is 0 Å². The molecule has 1 aromatic carbocycles. The van der Waals surface area contributed by atoms with E-state index in [-0.39, 0.29) is 18.9 Å². The van der Waals surface area contributed by atoms with Crippen molar-refractivity contribution < 1.29 is 18.8 Å². The maximum absolute atomic E-state index is 11.8. The van der Waals surface area contributed by atoms with Crippen LogP contribution in [-0.4, -0.2) is 23.6 Å². The summed E-state index contributed by atoms with van der Waals surface area (Å²) >= 11 is 0. The van der Waals surface area contributed by atoms with Gasteiger partial charge in [-0.15, -0.1) is 0 Å². The number of esters is 1. The summed E-state index contributed by atoms with van der Waals surface area (Å²) in [5.41, 5.74) is 3.83. The molecule has 0 aliphatic rings. The van der Waals surface area contributed by atoms with Gasteiger partial charge in [-0.3, -0.25) is 9.59 Å². The van der Waals surface area contributed by atoms with Gasteiger partial charge < -0.3 is 14.6 Å². The average molecular weight is 330 g/mol. The highest BCUT2D eigenvalue weighted by atomic mass is 16.5. The molecule has 1 aromatic heterocycles. The number of amides is 1. The Bertz CT molecular complexity index is 702. The molecule has 0 spiro atoms. The van der Waals surface area contributed by atoms with Crippen LogP contribution in [0.15, 0.2) is 28.8 Å². The monoisotopic (exact) mass is 330 g/mol. The zero-order valence-electron chi connectivity index (χ0n) is 14.2. The predicted molar refractivity (Wildman–Crippen MR) is 88.3 cm³/mol. The van der Waals surface area contributed by atoms with E-state index in [4.69, 9.17) is 9.26 Å². The highest BCUT2D eigenvalue weighted by Gasteiger charge is 2.13. The maximum Gasteiger partial charge on any atom is 0.306 e. The van der Waals surface area contributed by atoms with Gasteiger partial charge in [-0.2, -0.15) is 0 Å². The van der Waals surface area contributed by atoms with Crippen molar-refractivity contribution in [2.24, 2.45) is 0 Å². The molecular weight excluding hydrogens is 308 g/mol. The number of carbonyl (C=O) groups excluding carboxylic acids is 2. The minimum absolute atomic E-state index is 0.188. The number of rotatable bonds is 7. The number of hydrogen-bond donors (Lipinski definition) is 1. The molecule has 6 heteroatoms. The van der Waals surface area contributed by atoms with E-state index in [1.165, 1.54) is 0 Å². The van der Waals surface area contributed by atoms with E-state index >= 15 is 0 Å². The minimum Gasteiger partial charge on any atom is -0.456 e. The summed E-state index contributed by atoms with van der Waals surface area (Å²) in [7, 11) is 0. The molecular formula is C18H22N2O4. The summed E-state index contributed by atoms with van der Waals surface area (Å²) in [6, 6.07) is 7.80. The Balaban J connectivity index is 1.70. The first kappa shape index (κ1) is 17.7. The Morgan fingerprint density at radius 2 is 1.96 bits per heavy atom. The van der Waals surface area contributed by atoms with Crippen molar-refractivity contribution in [3.05, 3.63) is 52.4 Å². The predicted octanol–water partition coefficient (Wildman–Crippen LogP) is 2.39. The molecule has 0 radical (unpaired) electrons. The fourth-order valence-corrected chi connectivity index (χ4v) is 2.36. The highest BCUT2D eigenvalue weighted by Crippen LogP contribution is 2.14. The SMILES string of the molecule is Cc1ccccc1CNC(=O)COC(=O)CCc1c(C)noc1C. The quantitative estimate of drug-likeness (QED) is 0.788. The fourth-order valence-electron chi connectivity index (χ4n) is 2.36. The van der Waals surface area contributed by atoms with E-state index < -0.39 is 5.97 Å². The Kier molecular flexibility index (Phi) is 6.12. The van der Waals surface area contributed by atoms with Gasteiger partial charge in [0, 0.05) is 18.5 Å². The molecule has 128 valence electrons. The van der Waals surface area contributed by atoms with Crippen LogP contribution < -0.4 is 5.32 Å². The molecule has 6 nitrogen and oxygen atoms in total. The normalized spacial score (nSPS) is 10.5. The molecule has 24 heavy (non-hydrogen) atoms. The largest absolute Gasteiger partial charge is 0.456 e. The van der Waals surface area contributed by atoms with Crippen molar-refractivity contribution in [2.75, 3.05) is 6.61 Å². The number of carbonyl (C=O) groups is 2. The summed E-state index contributed by atoms with van der Waals surface area (Å²) in [5.74, 6) is -0.0266. The molecule has 1 heterocycles. The zero-order valence-corrected chi connectivity index (χ0v) is 14.2. The van der Waals surface area contributed by atoms with Gasteiger partial charge in [0.2, 0.25) is 0 Å². The molecule has 0 aliphatic heterocycles. The summed E-state index contributed by atoms with van der Waals surface area (Å²) in [6.07, 6.45) is 0.679. The van der Waals surface area contributed by atoms with Gasteiger partial charge in [0.1, 0.15) is 5.76 Å². The van der Waals surface area contributed by atoms with Gasteiger partial charge in [0.05, 0.1) is 5.69 Å². The van der Waals surface area contributed by atoms with E-state index in [0.29, 0.717) is 18.7 Å². The number of hydrogen-bond acceptors (Lipinski definition) is 5. The molecule has 0 fully saturated rings. The fraction of sp³-hybridized carbons (Fsp3) is 0.389. The van der Waals surface area contributed by atoms with Crippen LogP contribution in [-0.2, 0) is 27.3 Å². The molecule has 1 N–H and O–H groups in total. The molecule has 0 saturated carbocycles. The molecule has 2 rings (SSSR count). The summed E-state index contributed by atoms with van der Waals surface area (Å²) < 4.78 is 10.0. The first-order valence-corrected chi connectivity index (χ1v) is 7.86. The smallest absolute Gasteiger partial charge is 0.306 e. The van der Waals surface area contributed by atoms with Gasteiger partial charge in [-0.1, -0.05) is 29.4 Å². The maximum atomic E-state index is 11.8. The van der Waals surface area contributed by atoms with Crippen LogP contribution in [0.3, 0.4) is 0 Å². The number of benzene rings is 1. The van der Waals surface area contributed by atoms with Crippen LogP contribution in [0.2, 0.25) is 0 Å². The van der Waals surface area contributed by atoms with Crippen molar-refractivity contribution in [3.63, 3.8) is 0 Å². The summed E-state index contributed by atoms with van der Waals surface area (Å²) in [5, 5.41) is 6.58. The molecule has 0 aliphatic carbocycles. The average Bonchev–Trinajstić information content (AvgIpc) is 2.88. The summed E-state index contributed by atoms with van der Waals surface area (Å²) in [6.45, 7) is 5.76. The van der Waals surface area contributed by atoms with Crippen LogP contribution in [0.1, 0.15) is 34.6 Å². The minimum atomic E-state index is -0.416. The van der Waals surface area contributed by atoms with Crippen LogP contribution in [0.4, 0.5) is 0 Å². The third kappa shape index (κ3) is 4.94. The second-order valence-electron chi connectivity index (χ2n) is 5.67. The Morgan fingerprint density at radius 3 is 2.62 bits per heavy atom. The first-order valence-electron chi connectivity index (χ1n) is 7.86. The second kappa shape index (κ2) is 8.29. The molecule has 0 unspecified atom stereocenters. The Labute approximate surface area is 141 Å². The lowest BCUT2D eigenvalue weighted by Crippen LogP contribution is -2.28. The third-order valence-corrected chi connectivity index (χ3v) is 3.86. The van der Waals surface area contributed by atoms with Gasteiger partial charge in [-0.05, 0) is 38.3 Å². The lowest BCUT2D eigenvalue weighted by Gasteiger charge is -2.08. The van der Waals surface area contributed by atoms with Crippen molar-refractivity contribution in [3.8, 4) is 0 Å². The molecule has 0 saturated heterocycles. The zero-order chi connectivity index (χ0) is 17.5. The standard InChI is InChI=1S/C18H22N2O4/c1-12-6-4-5-7-15(12)10-19-17(21)11-23-18(22)9-8-16-13(2)20-24-14(16)3/h4-7H,8-11H2,1-3H3,(H,19,21). The first-order chi connectivity index (χ1) is 11.5. The van der Waals surface area contributed by atoms with Gasteiger partial charge >= 0.3 is 5.97 Å². The topological polar surface area (TPSA) is 81.4 Å². The van der Waals surface area contributed by atoms with Crippen LogP contribution in [0, 0.1) is 20.8 Å². The van der Waals surface area contributed by atoms with E-state index in [1.807, 2.05) is 38.1 Å². The van der Waals surface area contributed by atoms with E-state index in [0.717, 1.165) is 22.4 Å². The van der Waals surface area contributed by atoms with Crippen molar-refractivity contribution in [1.29, 1.82) is 0 Å². The van der Waals surface area contributed by atoms with Gasteiger partial charge in [0.15, 0.2) is 6.61 Å². The number of aryl methyl sites for hydroxylation is 3. The van der Waals surface area contributed by atoms with E-state index in [2.05, 4.69) is 10.5 Å². The number of nitrogens with one attached hydrogen (secondary N) is 1. The van der Waals surface area contributed by atoms with Gasteiger partial charge in [0.25, 0.3) is 5.91 Å². The molecule has 0 atom stereocenters.